The number of benzene rings is 3. The molecule has 3 aromatic rings. The second-order valence-corrected chi connectivity index (χ2v) is 11.5. The topological polar surface area (TPSA) is 43.8 Å². The van der Waals surface area contributed by atoms with Gasteiger partial charge in [-0.2, -0.15) is 0 Å². The summed E-state index contributed by atoms with van der Waals surface area (Å²) in [6.07, 6.45) is 8.09. The van der Waals surface area contributed by atoms with E-state index in [4.69, 9.17) is 0 Å². The van der Waals surface area contributed by atoms with Gasteiger partial charge in [-0.05, 0) is 96.4 Å². The zero-order valence-electron chi connectivity index (χ0n) is 21.7. The van der Waals surface area contributed by atoms with Gasteiger partial charge >= 0.3 is 0 Å². The van der Waals surface area contributed by atoms with Gasteiger partial charge in [-0.1, -0.05) is 48.5 Å². The minimum atomic E-state index is 0.293. The van der Waals surface area contributed by atoms with Crippen molar-refractivity contribution >= 4 is 12.0 Å². The minimum Gasteiger partial charge on any atom is -0.508 e. The third kappa shape index (κ3) is 4.92. The number of anilines is 1. The normalized spacial score (nSPS) is 23.5. The molecule has 1 unspecified atom stereocenters. The van der Waals surface area contributed by atoms with E-state index in [1.54, 1.807) is 0 Å². The summed E-state index contributed by atoms with van der Waals surface area (Å²) in [5.74, 6) is 1.09. The van der Waals surface area contributed by atoms with Crippen LogP contribution in [0.15, 0.2) is 72.8 Å². The number of aromatic hydroxyl groups is 1. The summed E-state index contributed by atoms with van der Waals surface area (Å²) in [6.45, 7) is 5.01. The van der Waals surface area contributed by atoms with Crippen molar-refractivity contribution < 1.29 is 9.90 Å². The van der Waals surface area contributed by atoms with Gasteiger partial charge in [0.1, 0.15) is 12.0 Å². The first-order valence-electron chi connectivity index (χ1n) is 14.0. The lowest BCUT2D eigenvalue weighted by Gasteiger charge is -2.51. The maximum Gasteiger partial charge on any atom is 0.133 e. The molecule has 0 radical (unpaired) electrons. The average molecular weight is 495 g/mol. The highest BCUT2D eigenvalue weighted by molar-refractivity contribution is 5.53. The minimum absolute atomic E-state index is 0.293. The van der Waals surface area contributed by atoms with Crippen LogP contribution in [0.2, 0.25) is 0 Å². The van der Waals surface area contributed by atoms with Crippen LogP contribution in [0.1, 0.15) is 66.2 Å². The monoisotopic (exact) mass is 494 g/mol. The summed E-state index contributed by atoms with van der Waals surface area (Å²) < 4.78 is 0. The Morgan fingerprint density at radius 1 is 0.892 bits per heavy atom. The van der Waals surface area contributed by atoms with Crippen LogP contribution in [0.4, 0.5) is 5.69 Å². The van der Waals surface area contributed by atoms with E-state index in [1.165, 1.54) is 53.6 Å². The number of nitrogens with zero attached hydrogens (tertiary/aromatic N) is 2. The van der Waals surface area contributed by atoms with Crippen molar-refractivity contribution in [1.82, 2.24) is 4.90 Å². The smallest absolute Gasteiger partial charge is 0.133 e. The number of carbonyl (C=O) groups excluding carboxylic acids is 1. The number of likely N-dealkylation sites (tertiary alicyclic amines) is 1. The summed E-state index contributed by atoms with van der Waals surface area (Å²) >= 11 is 0. The SMILES string of the molecule is O=CCN1CC2(CCCN(c3ccc([C@H]4c5ccc(O)cc5CCC4c4ccccc4)cc3)CCC2)C1. The zero-order chi connectivity index (χ0) is 25.2. The van der Waals surface area contributed by atoms with Gasteiger partial charge in [0.2, 0.25) is 0 Å². The van der Waals surface area contributed by atoms with Gasteiger partial charge in [-0.15, -0.1) is 0 Å². The number of fused-ring (bicyclic) bond motifs is 1. The van der Waals surface area contributed by atoms with Crippen molar-refractivity contribution in [3.8, 4) is 5.75 Å². The van der Waals surface area contributed by atoms with E-state index in [1.807, 2.05) is 12.1 Å². The molecule has 2 fully saturated rings. The molecule has 4 heteroatoms. The lowest BCUT2D eigenvalue weighted by atomic mass is 9.69. The van der Waals surface area contributed by atoms with Crippen LogP contribution >= 0.6 is 0 Å². The molecule has 2 aliphatic heterocycles. The summed E-state index contributed by atoms with van der Waals surface area (Å²) in [4.78, 5) is 15.7. The maximum atomic E-state index is 10.8. The number of aryl methyl sites for hydroxylation is 1. The van der Waals surface area contributed by atoms with Crippen molar-refractivity contribution in [1.29, 1.82) is 0 Å². The summed E-state index contributed by atoms with van der Waals surface area (Å²) in [5.41, 5.74) is 7.17. The number of phenols is 1. The Labute approximate surface area is 220 Å². The van der Waals surface area contributed by atoms with Gasteiger partial charge in [-0.3, -0.25) is 4.90 Å². The van der Waals surface area contributed by atoms with Crippen LogP contribution in [-0.2, 0) is 11.2 Å². The third-order valence-electron chi connectivity index (χ3n) is 9.15. The Balaban J connectivity index is 1.20. The second kappa shape index (κ2) is 10.3. The number of phenolic OH excluding ortho intramolecular Hbond substituents is 1. The number of aldehydes is 1. The average Bonchev–Trinajstić information content (AvgIpc) is 2.89. The lowest BCUT2D eigenvalue weighted by molar-refractivity contribution is -0.112. The fourth-order valence-electron chi connectivity index (χ4n) is 7.41. The number of hydrogen-bond donors (Lipinski definition) is 1. The fraction of sp³-hybridized carbons (Fsp3) is 0.424. The molecular weight excluding hydrogens is 456 g/mol. The first-order valence-corrected chi connectivity index (χ1v) is 14.0. The van der Waals surface area contributed by atoms with E-state index in [2.05, 4.69) is 70.5 Å². The van der Waals surface area contributed by atoms with E-state index in [9.17, 15) is 9.90 Å². The first-order chi connectivity index (χ1) is 18.1. The van der Waals surface area contributed by atoms with Crippen LogP contribution in [0.3, 0.4) is 0 Å². The molecule has 4 nitrogen and oxygen atoms in total. The molecule has 2 saturated heterocycles. The molecule has 192 valence electrons. The molecule has 2 atom stereocenters. The number of rotatable bonds is 5. The summed E-state index contributed by atoms with van der Waals surface area (Å²) in [7, 11) is 0. The van der Waals surface area contributed by atoms with E-state index in [0.29, 0.717) is 29.5 Å². The van der Waals surface area contributed by atoms with Gasteiger partial charge in [-0.25, -0.2) is 0 Å². The number of hydrogen-bond acceptors (Lipinski definition) is 4. The Hall–Kier alpha value is -3.11. The predicted octanol–water partition coefficient (Wildman–Crippen LogP) is 6.14. The molecule has 3 aromatic carbocycles. The highest BCUT2D eigenvalue weighted by Gasteiger charge is 2.42. The Bertz CT molecular complexity index is 1200. The van der Waals surface area contributed by atoms with Crippen LogP contribution in [0.25, 0.3) is 0 Å². The standard InChI is InChI=1S/C33H38N2O2/c36-21-20-34-23-33(24-34)16-4-18-35(19-5-17-33)28-11-8-26(9-12-28)32-30(25-6-2-1-3-7-25)14-10-27-22-29(37)13-15-31(27)32/h1-3,6-9,11-13,15,21-22,30,32,37H,4-5,10,14,16-20,23-24H2/t30?,32-/m1/s1. The third-order valence-corrected chi connectivity index (χ3v) is 9.15. The maximum absolute atomic E-state index is 10.8. The summed E-state index contributed by atoms with van der Waals surface area (Å²) in [6, 6.07) is 26.2. The van der Waals surface area contributed by atoms with E-state index in [-0.39, 0.29) is 0 Å². The molecule has 37 heavy (non-hydrogen) atoms. The highest BCUT2D eigenvalue weighted by Crippen LogP contribution is 2.47. The van der Waals surface area contributed by atoms with Gasteiger partial charge in [0.05, 0.1) is 6.54 Å². The zero-order valence-corrected chi connectivity index (χ0v) is 21.7. The molecular formula is C33H38N2O2. The van der Waals surface area contributed by atoms with Crippen molar-refractivity contribution in [3.05, 3.63) is 95.1 Å². The van der Waals surface area contributed by atoms with Crippen molar-refractivity contribution in [2.45, 2.75) is 50.4 Å². The van der Waals surface area contributed by atoms with Crippen LogP contribution in [-0.4, -0.2) is 49.0 Å². The van der Waals surface area contributed by atoms with Crippen LogP contribution in [0, 0.1) is 5.41 Å². The predicted molar refractivity (Wildman–Crippen MR) is 150 cm³/mol. The van der Waals surface area contributed by atoms with Crippen molar-refractivity contribution in [3.63, 3.8) is 0 Å². The first kappa shape index (κ1) is 24.2. The van der Waals surface area contributed by atoms with E-state index < -0.39 is 0 Å². The second-order valence-electron chi connectivity index (χ2n) is 11.5. The van der Waals surface area contributed by atoms with Gasteiger partial charge in [0.25, 0.3) is 0 Å². The number of carbonyl (C=O) groups is 1. The quantitative estimate of drug-likeness (QED) is 0.433. The highest BCUT2D eigenvalue weighted by atomic mass is 16.3. The summed E-state index contributed by atoms with van der Waals surface area (Å²) in [5, 5.41) is 10.1. The van der Waals surface area contributed by atoms with Crippen LogP contribution in [0.5, 0.6) is 5.75 Å². The molecule has 1 aliphatic carbocycles. The Morgan fingerprint density at radius 2 is 1.62 bits per heavy atom. The van der Waals surface area contributed by atoms with Crippen molar-refractivity contribution in [2.75, 3.05) is 37.6 Å². The molecule has 1 spiro atoms. The molecule has 2 heterocycles. The lowest BCUT2D eigenvalue weighted by Crippen LogP contribution is -2.57. The van der Waals surface area contributed by atoms with Crippen LogP contribution < -0.4 is 4.90 Å². The van der Waals surface area contributed by atoms with Gasteiger partial charge in [0.15, 0.2) is 0 Å². The van der Waals surface area contributed by atoms with E-state index >= 15 is 0 Å². The molecule has 0 saturated carbocycles. The van der Waals surface area contributed by atoms with Gasteiger partial charge < -0.3 is 14.8 Å². The molecule has 0 aromatic heterocycles. The Morgan fingerprint density at radius 3 is 2.32 bits per heavy atom. The fourth-order valence-corrected chi connectivity index (χ4v) is 7.41. The molecule has 1 N–H and O–H groups in total. The van der Waals surface area contributed by atoms with E-state index in [0.717, 1.165) is 45.3 Å². The Kier molecular flexibility index (Phi) is 6.77. The largest absolute Gasteiger partial charge is 0.508 e. The van der Waals surface area contributed by atoms with Crippen molar-refractivity contribution in [2.24, 2.45) is 5.41 Å². The van der Waals surface area contributed by atoms with Gasteiger partial charge in [0, 0.05) is 37.8 Å². The molecule has 0 amide bonds. The molecule has 0 bridgehead atoms. The molecule has 6 rings (SSSR count). The molecule has 3 aliphatic rings.